The highest BCUT2D eigenvalue weighted by Crippen LogP contribution is 2.32. The maximum atomic E-state index is 14.9. The second-order valence-corrected chi connectivity index (χ2v) is 9.36. The van der Waals surface area contributed by atoms with Gasteiger partial charge in [0.15, 0.2) is 6.04 Å². The quantitative estimate of drug-likeness (QED) is 0.604. The van der Waals surface area contributed by atoms with E-state index in [2.05, 4.69) is 10.6 Å². The molecular formula is C24H28FN3O4S. The van der Waals surface area contributed by atoms with Crippen LogP contribution in [-0.2, 0) is 19.1 Å². The van der Waals surface area contributed by atoms with Crippen LogP contribution in [0.5, 0.6) is 0 Å². The number of ether oxygens (including phenoxy) is 1. The van der Waals surface area contributed by atoms with Crippen molar-refractivity contribution >= 4 is 34.7 Å². The molecule has 1 aromatic carbocycles. The number of nitrogens with one attached hydrogen (secondary N) is 2. The lowest BCUT2D eigenvalue weighted by atomic mass is 10.1. The average Bonchev–Trinajstić information content (AvgIpc) is 3.60. The SMILES string of the molecule is O=C(NC1CCCC1)C(=O)N(c1ccccc1F)[C@@H](C(=O)NC[C@H]1CCCO1)c1cccs1. The van der Waals surface area contributed by atoms with Gasteiger partial charge in [0.25, 0.3) is 0 Å². The molecule has 2 aromatic rings. The molecule has 2 heterocycles. The van der Waals surface area contributed by atoms with Crippen LogP contribution in [0.25, 0.3) is 0 Å². The normalized spacial score (nSPS) is 19.2. The average molecular weight is 474 g/mol. The Morgan fingerprint density at radius 2 is 1.88 bits per heavy atom. The third-order valence-electron chi connectivity index (χ3n) is 6.06. The number of thiophene rings is 1. The molecule has 1 saturated carbocycles. The fourth-order valence-electron chi connectivity index (χ4n) is 4.38. The monoisotopic (exact) mass is 473 g/mol. The zero-order valence-corrected chi connectivity index (χ0v) is 19.1. The van der Waals surface area contributed by atoms with Crippen molar-refractivity contribution < 1.29 is 23.5 Å². The van der Waals surface area contributed by atoms with E-state index in [0.717, 1.165) is 43.4 Å². The maximum Gasteiger partial charge on any atom is 0.317 e. The van der Waals surface area contributed by atoms with E-state index < -0.39 is 29.6 Å². The van der Waals surface area contributed by atoms with Crippen LogP contribution in [0.4, 0.5) is 10.1 Å². The van der Waals surface area contributed by atoms with Crippen LogP contribution in [0.1, 0.15) is 49.4 Å². The topological polar surface area (TPSA) is 87.7 Å². The van der Waals surface area contributed by atoms with Crippen LogP contribution in [0.15, 0.2) is 41.8 Å². The van der Waals surface area contributed by atoms with Gasteiger partial charge in [0.2, 0.25) is 5.91 Å². The summed E-state index contributed by atoms with van der Waals surface area (Å²) in [5.41, 5.74) is -0.116. The molecule has 3 amide bonds. The molecule has 1 saturated heterocycles. The van der Waals surface area contributed by atoms with Gasteiger partial charge in [0, 0.05) is 24.1 Å². The van der Waals surface area contributed by atoms with Gasteiger partial charge in [-0.15, -0.1) is 11.3 Å². The standard InChI is InChI=1S/C24H28FN3O4S/c25-18-10-3-4-11-19(18)28(24(31)23(30)27-16-7-1-2-8-16)21(20-12-6-14-33-20)22(29)26-15-17-9-5-13-32-17/h3-4,6,10-12,14,16-17,21H,1-2,5,7-9,13,15H2,(H,26,29)(H,27,30)/t17-,21-/m1/s1. The summed E-state index contributed by atoms with van der Waals surface area (Å²) < 4.78 is 20.5. The first-order valence-electron chi connectivity index (χ1n) is 11.4. The van der Waals surface area contributed by atoms with E-state index in [1.54, 1.807) is 23.6 Å². The molecule has 33 heavy (non-hydrogen) atoms. The summed E-state index contributed by atoms with van der Waals surface area (Å²) in [6.07, 6.45) is 5.24. The third kappa shape index (κ3) is 5.59. The minimum atomic E-state index is -1.19. The minimum absolute atomic E-state index is 0.0857. The molecule has 2 fully saturated rings. The van der Waals surface area contributed by atoms with Crippen molar-refractivity contribution in [2.75, 3.05) is 18.1 Å². The number of halogens is 1. The number of amides is 3. The summed E-state index contributed by atoms with van der Waals surface area (Å²) in [5.74, 6) is -2.97. The number of carbonyl (C=O) groups excluding carboxylic acids is 3. The van der Waals surface area contributed by atoms with E-state index in [0.29, 0.717) is 11.5 Å². The van der Waals surface area contributed by atoms with Crippen LogP contribution in [0, 0.1) is 5.82 Å². The van der Waals surface area contributed by atoms with Crippen molar-refractivity contribution in [1.82, 2.24) is 10.6 Å². The molecule has 2 N–H and O–H groups in total. The highest BCUT2D eigenvalue weighted by molar-refractivity contribution is 7.10. The molecule has 4 rings (SSSR count). The second-order valence-electron chi connectivity index (χ2n) is 8.38. The lowest BCUT2D eigenvalue weighted by molar-refractivity contribution is -0.139. The van der Waals surface area contributed by atoms with Gasteiger partial charge in [-0.2, -0.15) is 0 Å². The molecule has 0 unspecified atom stereocenters. The Labute approximate surface area is 196 Å². The summed E-state index contributed by atoms with van der Waals surface area (Å²) in [6.45, 7) is 0.935. The molecule has 176 valence electrons. The molecule has 0 bridgehead atoms. The lowest BCUT2D eigenvalue weighted by Crippen LogP contribution is -2.51. The van der Waals surface area contributed by atoms with Crippen LogP contribution < -0.4 is 15.5 Å². The molecule has 1 aromatic heterocycles. The first-order chi connectivity index (χ1) is 16.0. The number of para-hydroxylation sites is 1. The fourth-order valence-corrected chi connectivity index (χ4v) is 5.19. The van der Waals surface area contributed by atoms with Crippen LogP contribution in [0.3, 0.4) is 0 Å². The van der Waals surface area contributed by atoms with E-state index >= 15 is 0 Å². The van der Waals surface area contributed by atoms with Gasteiger partial charge in [-0.25, -0.2) is 4.39 Å². The number of hydrogen-bond donors (Lipinski definition) is 2. The van der Waals surface area contributed by atoms with Crippen molar-refractivity contribution in [2.24, 2.45) is 0 Å². The van der Waals surface area contributed by atoms with Crippen LogP contribution in [-0.4, -0.2) is 43.0 Å². The molecule has 2 atom stereocenters. The van der Waals surface area contributed by atoms with Gasteiger partial charge in [0.1, 0.15) is 5.82 Å². The Bertz CT molecular complexity index is 972. The first-order valence-corrected chi connectivity index (χ1v) is 12.2. The highest BCUT2D eigenvalue weighted by Gasteiger charge is 2.38. The molecular weight excluding hydrogens is 445 g/mol. The Morgan fingerprint density at radius 3 is 2.55 bits per heavy atom. The van der Waals surface area contributed by atoms with Crippen molar-refractivity contribution in [3.8, 4) is 0 Å². The Balaban J connectivity index is 1.65. The second kappa shape index (κ2) is 10.9. The van der Waals surface area contributed by atoms with Gasteiger partial charge >= 0.3 is 11.8 Å². The van der Waals surface area contributed by atoms with Gasteiger partial charge in [0.05, 0.1) is 11.8 Å². The minimum Gasteiger partial charge on any atom is -0.376 e. The molecule has 7 nitrogen and oxygen atoms in total. The predicted molar refractivity (Wildman–Crippen MR) is 123 cm³/mol. The van der Waals surface area contributed by atoms with E-state index in [1.165, 1.54) is 29.5 Å². The zero-order chi connectivity index (χ0) is 23.2. The van der Waals surface area contributed by atoms with E-state index in [9.17, 15) is 18.8 Å². The van der Waals surface area contributed by atoms with Crippen molar-refractivity contribution in [1.29, 1.82) is 0 Å². The van der Waals surface area contributed by atoms with Gasteiger partial charge < -0.3 is 15.4 Å². The third-order valence-corrected chi connectivity index (χ3v) is 6.99. The fraction of sp³-hybridized carbons (Fsp3) is 0.458. The van der Waals surface area contributed by atoms with E-state index in [1.807, 2.05) is 0 Å². The van der Waals surface area contributed by atoms with Gasteiger partial charge in [-0.1, -0.05) is 31.0 Å². The lowest BCUT2D eigenvalue weighted by Gasteiger charge is -2.31. The number of anilines is 1. The van der Waals surface area contributed by atoms with E-state index in [4.69, 9.17) is 4.74 Å². The summed E-state index contributed by atoms with van der Waals surface area (Å²) in [6, 6.07) is 7.87. The van der Waals surface area contributed by atoms with Gasteiger partial charge in [-0.3, -0.25) is 19.3 Å². The Morgan fingerprint density at radius 1 is 1.09 bits per heavy atom. The van der Waals surface area contributed by atoms with Crippen molar-refractivity contribution in [3.63, 3.8) is 0 Å². The van der Waals surface area contributed by atoms with Crippen LogP contribution in [0.2, 0.25) is 0 Å². The molecule has 1 aliphatic heterocycles. The molecule has 2 aliphatic rings. The number of nitrogens with zero attached hydrogens (tertiary/aromatic N) is 1. The largest absolute Gasteiger partial charge is 0.376 e. The Hall–Kier alpha value is -2.78. The summed E-state index contributed by atoms with van der Waals surface area (Å²) in [4.78, 5) is 41.3. The predicted octanol–water partition coefficient (Wildman–Crippen LogP) is 3.32. The number of benzene rings is 1. The molecule has 0 radical (unpaired) electrons. The molecule has 0 spiro atoms. The number of carbonyl (C=O) groups is 3. The smallest absolute Gasteiger partial charge is 0.317 e. The van der Waals surface area contributed by atoms with Crippen LogP contribution >= 0.6 is 11.3 Å². The summed E-state index contributed by atoms with van der Waals surface area (Å²) in [5, 5.41) is 7.38. The van der Waals surface area contributed by atoms with E-state index in [-0.39, 0.29) is 24.4 Å². The number of hydrogen-bond acceptors (Lipinski definition) is 5. The number of rotatable bonds is 7. The first kappa shape index (κ1) is 23.4. The Kier molecular flexibility index (Phi) is 7.72. The molecule has 1 aliphatic carbocycles. The van der Waals surface area contributed by atoms with Crippen molar-refractivity contribution in [2.45, 2.75) is 56.7 Å². The summed E-state index contributed by atoms with van der Waals surface area (Å²) in [7, 11) is 0. The summed E-state index contributed by atoms with van der Waals surface area (Å²) >= 11 is 1.27. The highest BCUT2D eigenvalue weighted by atomic mass is 32.1. The van der Waals surface area contributed by atoms with Gasteiger partial charge in [-0.05, 0) is 49.3 Å². The molecule has 9 heteroatoms. The maximum absolute atomic E-state index is 14.9. The van der Waals surface area contributed by atoms with Crippen molar-refractivity contribution in [3.05, 3.63) is 52.5 Å². The zero-order valence-electron chi connectivity index (χ0n) is 18.3.